The van der Waals surface area contributed by atoms with Crippen molar-refractivity contribution in [2.45, 2.75) is 6.42 Å². The molecular formula is C22H17BrN2O2. The molecule has 1 heterocycles. The van der Waals surface area contributed by atoms with E-state index >= 15 is 0 Å². The lowest BCUT2D eigenvalue weighted by atomic mass is 10.1. The molecule has 1 N–H and O–H groups in total. The van der Waals surface area contributed by atoms with E-state index < -0.39 is 5.91 Å². The van der Waals surface area contributed by atoms with E-state index in [9.17, 15) is 10.1 Å². The van der Waals surface area contributed by atoms with E-state index in [0.29, 0.717) is 24.5 Å². The van der Waals surface area contributed by atoms with Crippen LogP contribution < -0.4 is 5.32 Å². The highest BCUT2D eigenvalue weighted by Crippen LogP contribution is 2.25. The molecule has 0 saturated carbocycles. The van der Waals surface area contributed by atoms with Crippen molar-refractivity contribution in [2.24, 2.45) is 0 Å². The minimum absolute atomic E-state index is 0.0137. The van der Waals surface area contributed by atoms with Crippen molar-refractivity contribution < 1.29 is 9.21 Å². The molecule has 0 bridgehead atoms. The molecule has 5 heteroatoms. The average Bonchev–Trinajstić information content (AvgIpc) is 3.16. The fraction of sp³-hybridized carbons (Fsp3) is 0.0909. The third kappa shape index (κ3) is 5.19. The van der Waals surface area contributed by atoms with Crippen LogP contribution in [0.15, 0.2) is 81.2 Å². The van der Waals surface area contributed by atoms with Crippen molar-refractivity contribution in [2.75, 3.05) is 6.54 Å². The van der Waals surface area contributed by atoms with Crippen molar-refractivity contribution in [1.82, 2.24) is 5.32 Å². The van der Waals surface area contributed by atoms with Gasteiger partial charge in [-0.25, -0.2) is 0 Å². The van der Waals surface area contributed by atoms with Gasteiger partial charge >= 0.3 is 0 Å². The number of nitrogens with one attached hydrogen (secondary N) is 1. The molecule has 134 valence electrons. The zero-order valence-electron chi connectivity index (χ0n) is 14.5. The highest BCUT2D eigenvalue weighted by Gasteiger charge is 2.10. The number of carbonyl (C=O) groups is 1. The highest BCUT2D eigenvalue weighted by atomic mass is 79.9. The van der Waals surface area contributed by atoms with E-state index in [-0.39, 0.29) is 5.57 Å². The molecule has 0 unspecified atom stereocenters. The monoisotopic (exact) mass is 420 g/mol. The van der Waals surface area contributed by atoms with Gasteiger partial charge in [0.05, 0.1) is 0 Å². The molecule has 0 fully saturated rings. The van der Waals surface area contributed by atoms with Crippen LogP contribution in [0.1, 0.15) is 11.3 Å². The number of amides is 1. The molecule has 1 amide bonds. The predicted molar refractivity (Wildman–Crippen MR) is 109 cm³/mol. The molecule has 0 radical (unpaired) electrons. The van der Waals surface area contributed by atoms with E-state index in [0.717, 1.165) is 15.6 Å². The summed E-state index contributed by atoms with van der Waals surface area (Å²) in [5, 5.41) is 12.1. The van der Waals surface area contributed by atoms with Gasteiger partial charge < -0.3 is 9.73 Å². The van der Waals surface area contributed by atoms with Gasteiger partial charge in [-0.05, 0) is 36.2 Å². The van der Waals surface area contributed by atoms with Gasteiger partial charge in [0.15, 0.2) is 0 Å². The van der Waals surface area contributed by atoms with Crippen molar-refractivity contribution in [3.8, 4) is 17.4 Å². The van der Waals surface area contributed by atoms with Crippen molar-refractivity contribution in [3.05, 3.63) is 88.1 Å². The summed E-state index contributed by atoms with van der Waals surface area (Å²) < 4.78 is 6.73. The molecule has 0 aliphatic rings. The second kappa shape index (κ2) is 9.02. The number of hydrogen-bond donors (Lipinski definition) is 1. The normalized spacial score (nSPS) is 11.0. The molecule has 0 aliphatic heterocycles. The van der Waals surface area contributed by atoms with E-state index in [4.69, 9.17) is 4.42 Å². The maximum absolute atomic E-state index is 12.2. The standard InChI is InChI=1S/C22H17BrN2O2/c23-19-8-6-17(7-9-19)21-11-10-20(27-21)14-18(15-24)22(26)25-13-12-16-4-2-1-3-5-16/h1-11,14H,12-13H2,(H,25,26)/b18-14+. The second-order valence-corrected chi connectivity index (χ2v) is 6.79. The number of halogens is 1. The van der Waals surface area contributed by atoms with Crippen LogP contribution in [0.3, 0.4) is 0 Å². The summed E-state index contributed by atoms with van der Waals surface area (Å²) in [5.74, 6) is 0.730. The summed E-state index contributed by atoms with van der Waals surface area (Å²) in [6.45, 7) is 0.462. The lowest BCUT2D eigenvalue weighted by Gasteiger charge is -2.04. The van der Waals surface area contributed by atoms with Crippen LogP contribution in [0.25, 0.3) is 17.4 Å². The number of carbonyl (C=O) groups excluding carboxylic acids is 1. The Labute approximate surface area is 166 Å². The first-order valence-electron chi connectivity index (χ1n) is 8.45. The summed E-state index contributed by atoms with van der Waals surface area (Å²) in [6, 6.07) is 23.1. The Bertz CT molecular complexity index is 983. The van der Waals surface area contributed by atoms with Gasteiger partial charge in [-0.15, -0.1) is 0 Å². The van der Waals surface area contributed by atoms with Gasteiger partial charge in [0, 0.05) is 22.7 Å². The maximum atomic E-state index is 12.2. The van der Waals surface area contributed by atoms with E-state index in [1.807, 2.05) is 66.7 Å². The Morgan fingerprint density at radius 3 is 2.52 bits per heavy atom. The topological polar surface area (TPSA) is 66.0 Å². The minimum atomic E-state index is -0.407. The molecular weight excluding hydrogens is 404 g/mol. The smallest absolute Gasteiger partial charge is 0.262 e. The lowest BCUT2D eigenvalue weighted by Crippen LogP contribution is -2.26. The Morgan fingerprint density at radius 2 is 1.81 bits per heavy atom. The number of furan rings is 1. The van der Waals surface area contributed by atoms with Crippen LogP contribution in [0.4, 0.5) is 0 Å². The Morgan fingerprint density at radius 1 is 1.07 bits per heavy atom. The van der Waals surface area contributed by atoms with Gasteiger partial charge in [0.25, 0.3) is 5.91 Å². The molecule has 1 aromatic heterocycles. The Balaban J connectivity index is 1.64. The molecule has 2 aromatic carbocycles. The van der Waals surface area contributed by atoms with Gasteiger partial charge in [0.1, 0.15) is 23.2 Å². The summed E-state index contributed by atoms with van der Waals surface area (Å²) in [4.78, 5) is 12.2. The number of rotatable bonds is 6. The number of benzene rings is 2. The first-order valence-corrected chi connectivity index (χ1v) is 9.25. The minimum Gasteiger partial charge on any atom is -0.457 e. The fourth-order valence-electron chi connectivity index (χ4n) is 2.55. The zero-order valence-corrected chi connectivity index (χ0v) is 16.1. The number of nitrogens with zero attached hydrogens (tertiary/aromatic N) is 1. The van der Waals surface area contributed by atoms with Crippen LogP contribution >= 0.6 is 15.9 Å². The lowest BCUT2D eigenvalue weighted by molar-refractivity contribution is -0.117. The third-order valence-electron chi connectivity index (χ3n) is 3.95. The molecule has 0 spiro atoms. The van der Waals surface area contributed by atoms with Crippen LogP contribution in [-0.2, 0) is 11.2 Å². The van der Waals surface area contributed by atoms with Crippen LogP contribution in [0.2, 0.25) is 0 Å². The van der Waals surface area contributed by atoms with Crippen LogP contribution in [0, 0.1) is 11.3 Å². The first kappa shape index (κ1) is 18.7. The van der Waals surface area contributed by atoms with Crippen LogP contribution in [-0.4, -0.2) is 12.5 Å². The zero-order chi connectivity index (χ0) is 19.1. The van der Waals surface area contributed by atoms with Crippen LogP contribution in [0.5, 0.6) is 0 Å². The quantitative estimate of drug-likeness (QED) is 0.451. The largest absolute Gasteiger partial charge is 0.457 e. The fourth-order valence-corrected chi connectivity index (χ4v) is 2.82. The molecule has 0 aliphatic carbocycles. The van der Waals surface area contributed by atoms with E-state index in [1.54, 1.807) is 6.07 Å². The summed E-state index contributed by atoms with van der Waals surface area (Å²) in [5.41, 5.74) is 2.06. The van der Waals surface area contributed by atoms with Gasteiger partial charge in [-0.3, -0.25) is 4.79 Å². The number of hydrogen-bond acceptors (Lipinski definition) is 3. The first-order chi connectivity index (χ1) is 13.2. The SMILES string of the molecule is N#C/C(=C\c1ccc(-c2ccc(Br)cc2)o1)C(=O)NCCc1ccccc1. The summed E-state index contributed by atoms with van der Waals surface area (Å²) in [6.07, 6.45) is 2.17. The molecule has 27 heavy (non-hydrogen) atoms. The number of nitriles is 1. The Hall–Kier alpha value is -3.10. The molecule has 0 atom stereocenters. The van der Waals surface area contributed by atoms with Gasteiger partial charge in [-0.1, -0.05) is 58.4 Å². The molecule has 4 nitrogen and oxygen atoms in total. The molecule has 3 aromatic rings. The van der Waals surface area contributed by atoms with Gasteiger partial charge in [-0.2, -0.15) is 5.26 Å². The second-order valence-electron chi connectivity index (χ2n) is 5.87. The maximum Gasteiger partial charge on any atom is 0.262 e. The Kier molecular flexibility index (Phi) is 6.24. The van der Waals surface area contributed by atoms with Gasteiger partial charge in [0.2, 0.25) is 0 Å². The van der Waals surface area contributed by atoms with Crippen molar-refractivity contribution in [3.63, 3.8) is 0 Å². The van der Waals surface area contributed by atoms with E-state index in [1.165, 1.54) is 6.08 Å². The van der Waals surface area contributed by atoms with Crippen molar-refractivity contribution in [1.29, 1.82) is 5.26 Å². The average molecular weight is 421 g/mol. The highest BCUT2D eigenvalue weighted by molar-refractivity contribution is 9.10. The predicted octanol–water partition coefficient (Wildman–Crippen LogP) is 4.97. The summed E-state index contributed by atoms with van der Waals surface area (Å²) in [7, 11) is 0. The molecule has 0 saturated heterocycles. The molecule has 3 rings (SSSR count). The van der Waals surface area contributed by atoms with E-state index in [2.05, 4.69) is 21.2 Å². The summed E-state index contributed by atoms with van der Waals surface area (Å²) >= 11 is 3.40. The van der Waals surface area contributed by atoms with Crippen molar-refractivity contribution >= 4 is 27.9 Å². The third-order valence-corrected chi connectivity index (χ3v) is 4.48.